The van der Waals surface area contributed by atoms with E-state index in [1.54, 1.807) is 22.7 Å². The van der Waals surface area contributed by atoms with Crippen LogP contribution >= 0.6 is 11.8 Å². The molecule has 1 aliphatic heterocycles. The van der Waals surface area contributed by atoms with E-state index in [9.17, 15) is 14.7 Å². The summed E-state index contributed by atoms with van der Waals surface area (Å²) in [7, 11) is 0. The molecule has 1 saturated carbocycles. The summed E-state index contributed by atoms with van der Waals surface area (Å²) >= 11 is 1.61. The first-order chi connectivity index (χ1) is 10.0. The summed E-state index contributed by atoms with van der Waals surface area (Å²) in [6.45, 7) is 4.03. The summed E-state index contributed by atoms with van der Waals surface area (Å²) in [5, 5.41) is 9.44. The molecule has 2 unspecified atom stereocenters. The molecule has 3 rings (SSSR count). The van der Waals surface area contributed by atoms with E-state index in [1.807, 2.05) is 30.7 Å². The Bertz CT molecular complexity index is 565. The topological polar surface area (TPSA) is 62.5 Å². The SMILES string of the molecule is CC(C)n1cccc1C(=O)N1C(C(=O)O)CSC1C1CC1. The number of thioether (sulfide) groups is 1. The lowest BCUT2D eigenvalue weighted by atomic mass is 10.2. The van der Waals surface area contributed by atoms with E-state index < -0.39 is 12.0 Å². The third kappa shape index (κ3) is 2.57. The van der Waals surface area contributed by atoms with E-state index in [-0.39, 0.29) is 17.3 Å². The molecule has 0 radical (unpaired) electrons. The van der Waals surface area contributed by atoms with E-state index in [0.29, 0.717) is 17.4 Å². The molecule has 0 aromatic carbocycles. The van der Waals surface area contributed by atoms with E-state index in [0.717, 1.165) is 12.8 Å². The van der Waals surface area contributed by atoms with Gasteiger partial charge in [0.1, 0.15) is 11.7 Å². The second kappa shape index (κ2) is 5.40. The minimum Gasteiger partial charge on any atom is -0.480 e. The molecule has 2 fully saturated rings. The standard InChI is InChI=1S/C15H20N2O3S/c1-9(2)16-7-3-4-11(16)13(18)17-12(15(19)20)8-21-14(17)10-5-6-10/h3-4,7,9-10,12,14H,5-6,8H2,1-2H3,(H,19,20). The predicted molar refractivity (Wildman–Crippen MR) is 81.4 cm³/mol. The van der Waals surface area contributed by atoms with Gasteiger partial charge in [0.25, 0.3) is 5.91 Å². The molecular weight excluding hydrogens is 288 g/mol. The normalized spacial score (nSPS) is 25.6. The highest BCUT2D eigenvalue weighted by atomic mass is 32.2. The Morgan fingerprint density at radius 2 is 2.10 bits per heavy atom. The second-order valence-electron chi connectivity index (χ2n) is 6.02. The first-order valence-electron chi connectivity index (χ1n) is 7.34. The summed E-state index contributed by atoms with van der Waals surface area (Å²) in [5.41, 5.74) is 0.587. The molecule has 1 aromatic heterocycles. The van der Waals surface area contributed by atoms with Gasteiger partial charge in [-0.05, 0) is 44.7 Å². The van der Waals surface area contributed by atoms with Crippen LogP contribution < -0.4 is 0 Å². The maximum Gasteiger partial charge on any atom is 0.327 e. The Morgan fingerprint density at radius 1 is 1.38 bits per heavy atom. The number of hydrogen-bond donors (Lipinski definition) is 1. The van der Waals surface area contributed by atoms with Gasteiger partial charge in [-0.2, -0.15) is 0 Å². The first kappa shape index (κ1) is 14.5. The van der Waals surface area contributed by atoms with Crippen LogP contribution in [0.5, 0.6) is 0 Å². The van der Waals surface area contributed by atoms with Crippen molar-refractivity contribution in [3.63, 3.8) is 0 Å². The largest absolute Gasteiger partial charge is 0.480 e. The van der Waals surface area contributed by atoms with Crippen LogP contribution in [0.25, 0.3) is 0 Å². The van der Waals surface area contributed by atoms with Crippen molar-refractivity contribution in [3.8, 4) is 0 Å². The fraction of sp³-hybridized carbons (Fsp3) is 0.600. The summed E-state index contributed by atoms with van der Waals surface area (Å²) in [6.07, 6.45) is 4.07. The number of nitrogens with zero attached hydrogens (tertiary/aromatic N) is 2. The van der Waals surface area contributed by atoms with E-state index in [2.05, 4.69) is 0 Å². The van der Waals surface area contributed by atoms with Gasteiger partial charge < -0.3 is 14.6 Å². The van der Waals surface area contributed by atoms with Gasteiger partial charge in [0.05, 0.1) is 5.37 Å². The molecule has 5 nitrogen and oxygen atoms in total. The quantitative estimate of drug-likeness (QED) is 0.928. The lowest BCUT2D eigenvalue weighted by Crippen LogP contribution is -2.46. The van der Waals surface area contributed by atoms with Crippen LogP contribution in [-0.4, -0.2) is 43.6 Å². The smallest absolute Gasteiger partial charge is 0.327 e. The fourth-order valence-electron chi connectivity index (χ4n) is 2.88. The molecule has 0 bridgehead atoms. The van der Waals surface area contributed by atoms with Crippen molar-refractivity contribution in [1.82, 2.24) is 9.47 Å². The molecular formula is C15H20N2O3S. The number of aromatic nitrogens is 1. The zero-order valence-corrected chi connectivity index (χ0v) is 13.0. The van der Waals surface area contributed by atoms with Gasteiger partial charge >= 0.3 is 5.97 Å². The van der Waals surface area contributed by atoms with Crippen LogP contribution in [0.1, 0.15) is 43.2 Å². The van der Waals surface area contributed by atoms with Crippen LogP contribution in [0, 0.1) is 5.92 Å². The van der Waals surface area contributed by atoms with Gasteiger partial charge in [-0.15, -0.1) is 11.8 Å². The average Bonchev–Trinajstić information content (AvgIpc) is 3.01. The van der Waals surface area contributed by atoms with Crippen LogP contribution in [0.4, 0.5) is 0 Å². The van der Waals surface area contributed by atoms with Crippen molar-refractivity contribution in [2.75, 3.05) is 5.75 Å². The van der Waals surface area contributed by atoms with Crippen LogP contribution in [0.3, 0.4) is 0 Å². The van der Waals surface area contributed by atoms with Crippen LogP contribution in [0.2, 0.25) is 0 Å². The predicted octanol–water partition coefficient (Wildman–Crippen LogP) is 2.45. The number of carboxylic acid groups (broad SMARTS) is 1. The first-order valence-corrected chi connectivity index (χ1v) is 8.39. The van der Waals surface area contributed by atoms with Gasteiger partial charge in [0.15, 0.2) is 0 Å². The molecule has 0 spiro atoms. The van der Waals surface area contributed by atoms with Gasteiger partial charge in [-0.3, -0.25) is 4.79 Å². The van der Waals surface area contributed by atoms with Crippen LogP contribution in [-0.2, 0) is 4.79 Å². The Balaban J connectivity index is 1.92. The highest BCUT2D eigenvalue weighted by molar-refractivity contribution is 8.00. The zero-order chi connectivity index (χ0) is 15.1. The van der Waals surface area contributed by atoms with E-state index >= 15 is 0 Å². The van der Waals surface area contributed by atoms with Gasteiger partial charge in [-0.25, -0.2) is 4.79 Å². The lowest BCUT2D eigenvalue weighted by molar-refractivity contribution is -0.141. The summed E-state index contributed by atoms with van der Waals surface area (Å²) < 4.78 is 1.91. The maximum atomic E-state index is 12.9. The highest BCUT2D eigenvalue weighted by Crippen LogP contribution is 2.46. The number of hydrogen-bond acceptors (Lipinski definition) is 3. The van der Waals surface area contributed by atoms with Crippen molar-refractivity contribution in [3.05, 3.63) is 24.0 Å². The number of rotatable bonds is 4. The molecule has 2 aliphatic rings. The molecule has 1 amide bonds. The van der Waals surface area contributed by atoms with Gasteiger partial charge in [0, 0.05) is 18.0 Å². The Hall–Kier alpha value is -1.43. The molecule has 2 atom stereocenters. The monoisotopic (exact) mass is 308 g/mol. The third-order valence-corrected chi connectivity index (χ3v) is 5.60. The maximum absolute atomic E-state index is 12.9. The number of carboxylic acids is 1. The van der Waals surface area contributed by atoms with Crippen molar-refractivity contribution in [2.45, 2.75) is 44.1 Å². The van der Waals surface area contributed by atoms with Crippen molar-refractivity contribution < 1.29 is 14.7 Å². The Labute approximate surface area is 128 Å². The summed E-state index contributed by atoms with van der Waals surface area (Å²) in [4.78, 5) is 26.0. The molecule has 2 heterocycles. The summed E-state index contributed by atoms with van der Waals surface area (Å²) in [5.74, 6) is -0.0969. The number of carbonyl (C=O) groups excluding carboxylic acids is 1. The molecule has 6 heteroatoms. The molecule has 1 aliphatic carbocycles. The minimum absolute atomic E-state index is 0.0223. The molecule has 1 aromatic rings. The summed E-state index contributed by atoms with van der Waals surface area (Å²) in [6, 6.07) is 3.10. The second-order valence-corrected chi connectivity index (χ2v) is 7.17. The number of aliphatic carboxylic acids is 1. The van der Waals surface area contributed by atoms with E-state index in [4.69, 9.17) is 0 Å². The average molecular weight is 308 g/mol. The van der Waals surface area contributed by atoms with Crippen molar-refractivity contribution in [2.24, 2.45) is 5.92 Å². The van der Waals surface area contributed by atoms with Crippen LogP contribution in [0.15, 0.2) is 18.3 Å². The Kier molecular flexibility index (Phi) is 3.73. The molecule has 1 saturated heterocycles. The molecule has 21 heavy (non-hydrogen) atoms. The van der Waals surface area contributed by atoms with Gasteiger partial charge in [0.2, 0.25) is 0 Å². The number of carbonyl (C=O) groups is 2. The lowest BCUT2D eigenvalue weighted by Gasteiger charge is -2.28. The zero-order valence-electron chi connectivity index (χ0n) is 12.2. The molecule has 1 N–H and O–H groups in total. The fourth-order valence-corrected chi connectivity index (χ4v) is 4.51. The van der Waals surface area contributed by atoms with Crippen molar-refractivity contribution in [1.29, 1.82) is 0 Å². The highest BCUT2D eigenvalue weighted by Gasteiger charge is 2.48. The van der Waals surface area contributed by atoms with Gasteiger partial charge in [-0.1, -0.05) is 0 Å². The molecule has 114 valence electrons. The number of amides is 1. The Morgan fingerprint density at radius 3 is 2.67 bits per heavy atom. The third-order valence-electron chi connectivity index (χ3n) is 4.13. The van der Waals surface area contributed by atoms with Crippen molar-refractivity contribution >= 4 is 23.6 Å². The minimum atomic E-state index is -0.901. The van der Waals surface area contributed by atoms with E-state index in [1.165, 1.54) is 0 Å².